The number of methoxy groups -OCH3 is 1. The average Bonchev–Trinajstić information content (AvgIpc) is 2.64. The van der Waals surface area contributed by atoms with Crippen molar-refractivity contribution in [3.63, 3.8) is 0 Å². The second kappa shape index (κ2) is 7.63. The third-order valence-corrected chi connectivity index (χ3v) is 4.38. The largest absolute Gasteiger partial charge is 0.497 e. The Morgan fingerprint density at radius 3 is 2.64 bits per heavy atom. The zero-order valence-electron chi connectivity index (χ0n) is 13.9. The SMILES string of the molecule is COc1ccc(C2CN(C(C(=O)O)c3ccccc3F)CCO2)cc1. The van der Waals surface area contributed by atoms with Crippen LogP contribution in [-0.4, -0.2) is 42.8 Å². The average molecular weight is 345 g/mol. The van der Waals surface area contributed by atoms with Crippen LogP contribution in [0.1, 0.15) is 23.3 Å². The summed E-state index contributed by atoms with van der Waals surface area (Å²) in [6, 6.07) is 12.4. The van der Waals surface area contributed by atoms with Gasteiger partial charge in [0.2, 0.25) is 0 Å². The lowest BCUT2D eigenvalue weighted by Gasteiger charge is -2.36. The van der Waals surface area contributed by atoms with E-state index in [0.717, 1.165) is 11.3 Å². The van der Waals surface area contributed by atoms with Crippen molar-refractivity contribution < 1.29 is 23.8 Å². The second-order valence-corrected chi connectivity index (χ2v) is 5.89. The third-order valence-electron chi connectivity index (χ3n) is 4.38. The molecule has 1 fully saturated rings. The fourth-order valence-corrected chi connectivity index (χ4v) is 3.11. The number of ether oxygens (including phenoxy) is 2. The number of carboxylic acids is 1. The molecule has 1 heterocycles. The van der Waals surface area contributed by atoms with Crippen molar-refractivity contribution in [2.75, 3.05) is 26.8 Å². The molecule has 0 spiro atoms. The first-order valence-electron chi connectivity index (χ1n) is 8.07. The van der Waals surface area contributed by atoms with Gasteiger partial charge >= 0.3 is 5.97 Å². The minimum Gasteiger partial charge on any atom is -0.497 e. The highest BCUT2D eigenvalue weighted by Crippen LogP contribution is 2.30. The van der Waals surface area contributed by atoms with E-state index in [2.05, 4.69) is 0 Å². The minimum atomic E-state index is -1.07. The van der Waals surface area contributed by atoms with Crippen LogP contribution >= 0.6 is 0 Å². The Balaban J connectivity index is 1.83. The van der Waals surface area contributed by atoms with E-state index in [-0.39, 0.29) is 11.7 Å². The van der Waals surface area contributed by atoms with Crippen molar-refractivity contribution in [3.05, 3.63) is 65.5 Å². The van der Waals surface area contributed by atoms with Crippen LogP contribution in [0.4, 0.5) is 4.39 Å². The lowest BCUT2D eigenvalue weighted by Crippen LogP contribution is -2.43. The first kappa shape index (κ1) is 17.4. The van der Waals surface area contributed by atoms with Gasteiger partial charge in [0.05, 0.1) is 19.8 Å². The van der Waals surface area contributed by atoms with Gasteiger partial charge < -0.3 is 14.6 Å². The number of aliphatic carboxylic acids is 1. The molecule has 0 radical (unpaired) electrons. The maximum absolute atomic E-state index is 14.1. The van der Waals surface area contributed by atoms with Crippen LogP contribution in [0.5, 0.6) is 5.75 Å². The van der Waals surface area contributed by atoms with E-state index in [1.54, 1.807) is 24.1 Å². The first-order valence-corrected chi connectivity index (χ1v) is 8.07. The van der Waals surface area contributed by atoms with Crippen molar-refractivity contribution in [1.29, 1.82) is 0 Å². The van der Waals surface area contributed by atoms with E-state index in [1.807, 2.05) is 24.3 Å². The molecule has 0 aliphatic carbocycles. The maximum atomic E-state index is 14.1. The molecule has 5 nitrogen and oxygen atoms in total. The third kappa shape index (κ3) is 3.81. The zero-order chi connectivity index (χ0) is 17.8. The summed E-state index contributed by atoms with van der Waals surface area (Å²) < 4.78 is 25.1. The topological polar surface area (TPSA) is 59.0 Å². The number of carbonyl (C=O) groups is 1. The Morgan fingerprint density at radius 1 is 1.28 bits per heavy atom. The van der Waals surface area contributed by atoms with Gasteiger partial charge in [-0.1, -0.05) is 30.3 Å². The molecule has 2 aromatic rings. The number of halogens is 1. The molecule has 132 valence electrons. The molecule has 2 atom stereocenters. The van der Waals surface area contributed by atoms with Crippen LogP contribution in [0, 0.1) is 5.82 Å². The lowest BCUT2D eigenvalue weighted by molar-refractivity contribution is -0.147. The fraction of sp³-hybridized carbons (Fsp3) is 0.316. The van der Waals surface area contributed by atoms with E-state index in [9.17, 15) is 14.3 Å². The van der Waals surface area contributed by atoms with Crippen molar-refractivity contribution in [1.82, 2.24) is 4.90 Å². The number of carboxylic acid groups (broad SMARTS) is 1. The summed E-state index contributed by atoms with van der Waals surface area (Å²) >= 11 is 0. The van der Waals surface area contributed by atoms with Gasteiger partial charge in [-0.25, -0.2) is 4.39 Å². The van der Waals surface area contributed by atoms with Crippen LogP contribution in [0.15, 0.2) is 48.5 Å². The molecule has 1 saturated heterocycles. The smallest absolute Gasteiger partial charge is 0.325 e. The molecule has 25 heavy (non-hydrogen) atoms. The molecule has 6 heteroatoms. The molecular weight excluding hydrogens is 325 g/mol. The van der Waals surface area contributed by atoms with E-state index in [1.165, 1.54) is 12.1 Å². The van der Waals surface area contributed by atoms with Crippen LogP contribution in [0.3, 0.4) is 0 Å². The van der Waals surface area contributed by atoms with E-state index in [0.29, 0.717) is 19.7 Å². The van der Waals surface area contributed by atoms with Crippen molar-refractivity contribution >= 4 is 5.97 Å². The lowest BCUT2D eigenvalue weighted by atomic mass is 10.0. The van der Waals surface area contributed by atoms with Gasteiger partial charge in [0, 0.05) is 18.7 Å². The Bertz CT molecular complexity index is 734. The normalized spacial score (nSPS) is 19.4. The van der Waals surface area contributed by atoms with E-state index < -0.39 is 17.8 Å². The van der Waals surface area contributed by atoms with Crippen molar-refractivity contribution in [2.45, 2.75) is 12.1 Å². The first-order chi connectivity index (χ1) is 12.1. The summed E-state index contributed by atoms with van der Waals surface area (Å²) in [7, 11) is 1.60. The summed E-state index contributed by atoms with van der Waals surface area (Å²) in [5, 5.41) is 9.66. The van der Waals surface area contributed by atoms with Crippen molar-refractivity contribution in [3.8, 4) is 5.75 Å². The maximum Gasteiger partial charge on any atom is 0.325 e. The summed E-state index contributed by atoms with van der Waals surface area (Å²) in [5.74, 6) is -0.839. The Hall–Kier alpha value is -2.44. The number of nitrogens with zero attached hydrogens (tertiary/aromatic N) is 1. The number of morpholine rings is 1. The molecule has 2 unspecified atom stereocenters. The predicted octanol–water partition coefficient (Wildman–Crippen LogP) is 3.03. The molecule has 0 amide bonds. The minimum absolute atomic E-state index is 0.172. The highest BCUT2D eigenvalue weighted by Gasteiger charge is 2.34. The van der Waals surface area contributed by atoms with Gasteiger partial charge in [0.25, 0.3) is 0 Å². The molecule has 2 aromatic carbocycles. The summed E-state index contributed by atoms with van der Waals surface area (Å²) in [6.45, 7) is 1.19. The summed E-state index contributed by atoms with van der Waals surface area (Å²) in [4.78, 5) is 13.6. The van der Waals surface area contributed by atoms with Gasteiger partial charge in [0.15, 0.2) is 0 Å². The second-order valence-electron chi connectivity index (χ2n) is 5.89. The summed E-state index contributed by atoms with van der Waals surface area (Å²) in [6.07, 6.45) is -0.270. The fourth-order valence-electron chi connectivity index (χ4n) is 3.11. The van der Waals surface area contributed by atoms with Crippen LogP contribution < -0.4 is 4.74 Å². The van der Waals surface area contributed by atoms with Gasteiger partial charge in [-0.05, 0) is 23.8 Å². The van der Waals surface area contributed by atoms with Crippen LogP contribution in [0.25, 0.3) is 0 Å². The quantitative estimate of drug-likeness (QED) is 0.903. The molecule has 0 aromatic heterocycles. The van der Waals surface area contributed by atoms with Gasteiger partial charge in [-0.3, -0.25) is 9.69 Å². The highest BCUT2D eigenvalue weighted by molar-refractivity contribution is 5.75. The monoisotopic (exact) mass is 345 g/mol. The molecule has 1 N–H and O–H groups in total. The van der Waals surface area contributed by atoms with Crippen LogP contribution in [-0.2, 0) is 9.53 Å². The van der Waals surface area contributed by atoms with E-state index in [4.69, 9.17) is 9.47 Å². The summed E-state index contributed by atoms with van der Waals surface area (Å²) in [5.41, 5.74) is 1.11. The molecule has 0 bridgehead atoms. The predicted molar refractivity (Wildman–Crippen MR) is 90.0 cm³/mol. The van der Waals surface area contributed by atoms with Crippen LogP contribution in [0.2, 0.25) is 0 Å². The van der Waals surface area contributed by atoms with Crippen molar-refractivity contribution in [2.24, 2.45) is 0 Å². The number of hydrogen-bond donors (Lipinski definition) is 1. The Labute approximate surface area is 145 Å². The highest BCUT2D eigenvalue weighted by atomic mass is 19.1. The number of hydrogen-bond acceptors (Lipinski definition) is 4. The zero-order valence-corrected chi connectivity index (χ0v) is 13.9. The van der Waals surface area contributed by atoms with Gasteiger partial charge in [-0.2, -0.15) is 0 Å². The standard InChI is InChI=1S/C19H20FNO4/c1-24-14-8-6-13(7-9-14)17-12-21(10-11-25-17)18(19(22)23)15-4-2-3-5-16(15)20/h2-9,17-18H,10-12H2,1H3,(H,22,23). The Kier molecular flexibility index (Phi) is 5.31. The number of benzene rings is 2. The van der Waals surface area contributed by atoms with Gasteiger partial charge in [-0.15, -0.1) is 0 Å². The van der Waals surface area contributed by atoms with E-state index >= 15 is 0 Å². The Morgan fingerprint density at radius 2 is 2.00 bits per heavy atom. The van der Waals surface area contributed by atoms with Gasteiger partial charge in [0.1, 0.15) is 17.6 Å². The molecular formula is C19H20FNO4. The molecule has 0 saturated carbocycles. The number of rotatable bonds is 5. The molecule has 1 aliphatic rings. The molecule has 3 rings (SSSR count). The molecule has 1 aliphatic heterocycles.